The van der Waals surface area contributed by atoms with E-state index in [1.54, 1.807) is 27.2 Å². The lowest BCUT2D eigenvalue weighted by Gasteiger charge is -2.25. The van der Waals surface area contributed by atoms with Crippen LogP contribution in [0.25, 0.3) is 0 Å². The first-order valence-electron chi connectivity index (χ1n) is 5.32. The molecule has 3 radical (unpaired) electrons. The Morgan fingerprint density at radius 1 is 1.35 bits per heavy atom. The normalized spacial score (nSPS) is 12.0. The van der Waals surface area contributed by atoms with Crippen LogP contribution in [0, 0.1) is 0 Å². The minimum atomic E-state index is -2.59. The maximum atomic E-state index is 11.0. The highest BCUT2D eigenvalue weighted by atomic mass is 28.4. The smallest absolute Gasteiger partial charge is 0.463 e. The van der Waals surface area contributed by atoms with Crippen molar-refractivity contribution in [1.82, 2.24) is 0 Å². The summed E-state index contributed by atoms with van der Waals surface area (Å²) in [6, 6.07) is 0.605. The van der Waals surface area contributed by atoms with E-state index in [1.807, 2.05) is 0 Å². The third kappa shape index (κ3) is 6.74. The summed E-state index contributed by atoms with van der Waals surface area (Å²) >= 11 is 0. The van der Waals surface area contributed by atoms with E-state index < -0.39 is 8.80 Å². The van der Waals surface area contributed by atoms with Gasteiger partial charge in [-0.15, -0.1) is 0 Å². The Bertz CT molecular complexity index is 241. The lowest BCUT2D eigenvalue weighted by Crippen LogP contribution is -2.44. The van der Waals surface area contributed by atoms with Crippen LogP contribution in [0.15, 0.2) is 12.2 Å². The second-order valence-electron chi connectivity index (χ2n) is 3.15. The molecule has 0 aliphatic heterocycles. The summed E-state index contributed by atoms with van der Waals surface area (Å²) in [5.74, 6) is -0.337. The van der Waals surface area contributed by atoms with Crippen molar-refractivity contribution in [3.8, 4) is 0 Å². The molecule has 0 fully saturated rings. The van der Waals surface area contributed by atoms with Gasteiger partial charge in [0.2, 0.25) is 0 Å². The summed E-state index contributed by atoms with van der Waals surface area (Å²) in [5.41, 5.74) is 0. The van der Waals surface area contributed by atoms with E-state index in [1.165, 1.54) is 6.08 Å². The van der Waals surface area contributed by atoms with Gasteiger partial charge in [-0.2, -0.15) is 0 Å². The lowest BCUT2D eigenvalue weighted by molar-refractivity contribution is -0.137. The number of esters is 1. The van der Waals surface area contributed by atoms with Crippen LogP contribution >= 0.6 is 0 Å². The van der Waals surface area contributed by atoms with Gasteiger partial charge < -0.3 is 18.0 Å². The minimum Gasteiger partial charge on any atom is -0.463 e. The van der Waals surface area contributed by atoms with Crippen LogP contribution in [0.4, 0.5) is 0 Å². The summed E-state index contributed by atoms with van der Waals surface area (Å²) in [7, 11) is 3.75. The van der Waals surface area contributed by atoms with Crippen LogP contribution < -0.4 is 0 Å². The van der Waals surface area contributed by atoms with Gasteiger partial charge in [-0.1, -0.05) is 6.08 Å². The standard InChI is InChI=1S/C10H19O5Si2/c1-4-6-10(11)14-7-5-8-17(12-2,13-3)15-9-16/h4,6H,5,7-9H2,1-3H3. The molecule has 0 spiro atoms. The Morgan fingerprint density at radius 3 is 2.47 bits per heavy atom. The molecular formula is C10H19O5Si2. The molecule has 0 aromatic heterocycles. The minimum absolute atomic E-state index is 0.329. The summed E-state index contributed by atoms with van der Waals surface area (Å²) in [5, 5.41) is 0. The number of ether oxygens (including phenoxy) is 1. The summed E-state index contributed by atoms with van der Waals surface area (Å²) in [6.45, 7) is 2.09. The number of hydrogen-bond acceptors (Lipinski definition) is 5. The van der Waals surface area contributed by atoms with E-state index in [0.717, 1.165) is 0 Å². The van der Waals surface area contributed by atoms with E-state index in [2.05, 4.69) is 10.2 Å². The van der Waals surface area contributed by atoms with Gasteiger partial charge >= 0.3 is 14.8 Å². The second-order valence-corrected chi connectivity index (χ2v) is 6.41. The molecule has 0 aliphatic carbocycles. The van der Waals surface area contributed by atoms with Gasteiger partial charge in [-0.05, 0) is 13.3 Å². The first kappa shape index (κ1) is 16.5. The zero-order valence-electron chi connectivity index (χ0n) is 10.5. The largest absolute Gasteiger partial charge is 0.500 e. The molecule has 0 rings (SSSR count). The van der Waals surface area contributed by atoms with E-state index in [0.29, 0.717) is 25.3 Å². The summed E-state index contributed by atoms with van der Waals surface area (Å²) < 4.78 is 21.0. The monoisotopic (exact) mass is 275 g/mol. The SMILES string of the molecule is CC=CC(=O)OCCC[Si](OC)(OC)OC[Si]. The Labute approximate surface area is 107 Å². The average molecular weight is 275 g/mol. The highest BCUT2D eigenvalue weighted by Gasteiger charge is 2.37. The fraction of sp³-hybridized carbons (Fsp3) is 0.700. The van der Waals surface area contributed by atoms with Gasteiger partial charge in [0.15, 0.2) is 0 Å². The molecule has 0 saturated heterocycles. The molecule has 0 atom stereocenters. The molecule has 0 aliphatic rings. The highest BCUT2D eigenvalue weighted by molar-refractivity contribution is 6.60. The summed E-state index contributed by atoms with van der Waals surface area (Å²) in [6.07, 6.45) is 4.01. The van der Waals surface area contributed by atoms with Crippen LogP contribution in [-0.4, -0.2) is 52.1 Å². The molecule has 0 bridgehead atoms. The predicted octanol–water partition coefficient (Wildman–Crippen LogP) is 0.870. The van der Waals surface area contributed by atoms with E-state index in [4.69, 9.17) is 18.0 Å². The third-order valence-corrected chi connectivity index (χ3v) is 5.32. The molecule has 0 amide bonds. The predicted molar refractivity (Wildman–Crippen MR) is 66.7 cm³/mol. The maximum absolute atomic E-state index is 11.0. The van der Waals surface area contributed by atoms with Crippen molar-refractivity contribution in [2.24, 2.45) is 0 Å². The van der Waals surface area contributed by atoms with Crippen LogP contribution in [-0.2, 0) is 22.8 Å². The number of carbonyl (C=O) groups excluding carboxylic acids is 1. The molecule has 17 heavy (non-hydrogen) atoms. The van der Waals surface area contributed by atoms with Crippen LogP contribution in [0.3, 0.4) is 0 Å². The number of rotatable bonds is 9. The van der Waals surface area contributed by atoms with Crippen molar-refractivity contribution in [3.05, 3.63) is 12.2 Å². The molecule has 97 valence electrons. The lowest BCUT2D eigenvalue weighted by atomic mass is 10.5. The molecule has 5 nitrogen and oxygen atoms in total. The summed E-state index contributed by atoms with van der Waals surface area (Å²) in [4.78, 5) is 11.0. The van der Waals surface area contributed by atoms with Crippen LogP contribution in [0.1, 0.15) is 13.3 Å². The van der Waals surface area contributed by atoms with Gasteiger partial charge in [0.25, 0.3) is 0 Å². The van der Waals surface area contributed by atoms with Crippen LogP contribution in [0.5, 0.6) is 0 Å². The quantitative estimate of drug-likeness (QED) is 0.270. The maximum Gasteiger partial charge on any atom is 0.500 e. The van der Waals surface area contributed by atoms with Crippen molar-refractivity contribution in [2.75, 3.05) is 27.1 Å². The van der Waals surface area contributed by atoms with Crippen molar-refractivity contribution in [3.63, 3.8) is 0 Å². The van der Waals surface area contributed by atoms with E-state index >= 15 is 0 Å². The van der Waals surface area contributed by atoms with Gasteiger partial charge in [-0.25, -0.2) is 4.79 Å². The Hall–Kier alpha value is -0.476. The fourth-order valence-electron chi connectivity index (χ4n) is 1.23. The Balaban J connectivity index is 3.94. The Kier molecular flexibility index (Phi) is 9.28. The number of hydrogen-bond donors (Lipinski definition) is 0. The molecule has 7 heteroatoms. The number of carbonyl (C=O) groups is 1. The second kappa shape index (κ2) is 9.54. The van der Waals surface area contributed by atoms with Crippen molar-refractivity contribution >= 4 is 25.0 Å². The zero-order valence-corrected chi connectivity index (χ0v) is 12.5. The van der Waals surface area contributed by atoms with Crippen molar-refractivity contribution < 1.29 is 22.8 Å². The highest BCUT2D eigenvalue weighted by Crippen LogP contribution is 2.15. The topological polar surface area (TPSA) is 54.0 Å². The molecule has 0 aromatic carbocycles. The first-order valence-corrected chi connectivity index (χ1v) is 7.96. The van der Waals surface area contributed by atoms with Gasteiger partial charge in [0.05, 0.1) is 16.8 Å². The fourth-order valence-corrected chi connectivity index (χ4v) is 3.65. The first-order chi connectivity index (χ1) is 8.14. The number of allylic oxidation sites excluding steroid dienone is 1. The van der Waals surface area contributed by atoms with E-state index in [-0.39, 0.29) is 5.97 Å². The zero-order chi connectivity index (χ0) is 13.1. The molecule has 0 aromatic rings. The van der Waals surface area contributed by atoms with Crippen LogP contribution in [0.2, 0.25) is 6.04 Å². The average Bonchev–Trinajstić information content (AvgIpc) is 2.33. The molecule has 0 heterocycles. The van der Waals surface area contributed by atoms with Crippen molar-refractivity contribution in [2.45, 2.75) is 19.4 Å². The van der Waals surface area contributed by atoms with Gasteiger partial charge in [0, 0.05) is 32.6 Å². The molecule has 0 saturated carbocycles. The van der Waals surface area contributed by atoms with Gasteiger partial charge in [0.1, 0.15) is 0 Å². The third-order valence-electron chi connectivity index (χ3n) is 2.09. The van der Waals surface area contributed by atoms with Gasteiger partial charge in [-0.3, -0.25) is 0 Å². The van der Waals surface area contributed by atoms with Crippen molar-refractivity contribution in [1.29, 1.82) is 0 Å². The van der Waals surface area contributed by atoms with E-state index in [9.17, 15) is 4.79 Å². The molecule has 0 N–H and O–H groups in total. The molecular weight excluding hydrogens is 256 g/mol. The Morgan fingerprint density at radius 2 is 2.00 bits per heavy atom. The molecule has 0 unspecified atom stereocenters.